The maximum atomic E-state index is 13.0. The van der Waals surface area contributed by atoms with E-state index in [2.05, 4.69) is 5.32 Å². The number of nitrogens with zero attached hydrogens (tertiary/aromatic N) is 1. The Hall–Kier alpha value is -2.89. The molecule has 4 nitrogen and oxygen atoms in total. The summed E-state index contributed by atoms with van der Waals surface area (Å²) in [5, 5.41) is 3.76. The molecule has 0 aliphatic rings. The van der Waals surface area contributed by atoms with Crippen LogP contribution in [0.25, 0.3) is 21.5 Å². The van der Waals surface area contributed by atoms with E-state index < -0.39 is 0 Å². The molecule has 0 unspecified atom stereocenters. The summed E-state index contributed by atoms with van der Waals surface area (Å²) in [7, 11) is 0. The predicted octanol–water partition coefficient (Wildman–Crippen LogP) is 6.27. The standard InChI is InChI=1S/C22H17ClN2O2S/c1-2-27-15-9-7-14(8-10-15)24-22(26)17-13-19(20-11-12-21(23)28-20)25-18-6-4-3-5-16(17)18/h3-13H,2H2,1H3,(H,24,26). The number of para-hydroxylation sites is 1. The van der Waals surface area contributed by atoms with Gasteiger partial charge < -0.3 is 10.1 Å². The molecular weight excluding hydrogens is 392 g/mol. The van der Waals surface area contributed by atoms with Crippen LogP contribution in [0.1, 0.15) is 17.3 Å². The first-order valence-corrected chi connectivity index (χ1v) is 10.0. The van der Waals surface area contributed by atoms with E-state index in [1.165, 1.54) is 11.3 Å². The summed E-state index contributed by atoms with van der Waals surface area (Å²) >= 11 is 7.51. The fourth-order valence-corrected chi connectivity index (χ4v) is 3.94. The summed E-state index contributed by atoms with van der Waals surface area (Å²) in [6.45, 7) is 2.53. The van der Waals surface area contributed by atoms with Crippen molar-refractivity contribution in [2.45, 2.75) is 6.92 Å². The van der Waals surface area contributed by atoms with Crippen molar-refractivity contribution in [2.75, 3.05) is 11.9 Å². The minimum atomic E-state index is -0.188. The lowest BCUT2D eigenvalue weighted by Crippen LogP contribution is -2.13. The molecule has 2 aromatic carbocycles. The molecule has 0 saturated heterocycles. The number of rotatable bonds is 5. The molecule has 140 valence electrons. The molecule has 0 aliphatic carbocycles. The highest BCUT2D eigenvalue weighted by molar-refractivity contribution is 7.19. The fraction of sp³-hybridized carbons (Fsp3) is 0.0909. The Morgan fingerprint density at radius 3 is 2.61 bits per heavy atom. The van der Waals surface area contributed by atoms with Crippen LogP contribution < -0.4 is 10.1 Å². The van der Waals surface area contributed by atoms with Gasteiger partial charge in [-0.2, -0.15) is 0 Å². The number of benzene rings is 2. The molecule has 1 N–H and O–H groups in total. The van der Waals surface area contributed by atoms with E-state index in [9.17, 15) is 4.79 Å². The molecule has 2 heterocycles. The van der Waals surface area contributed by atoms with Gasteiger partial charge in [-0.15, -0.1) is 11.3 Å². The van der Waals surface area contributed by atoms with E-state index >= 15 is 0 Å². The third kappa shape index (κ3) is 3.86. The third-order valence-electron chi connectivity index (χ3n) is 4.21. The number of thiophene rings is 1. The SMILES string of the molecule is CCOc1ccc(NC(=O)c2cc(-c3ccc(Cl)s3)nc3ccccc23)cc1. The Morgan fingerprint density at radius 1 is 1.11 bits per heavy atom. The number of ether oxygens (including phenoxy) is 1. The van der Waals surface area contributed by atoms with Crippen molar-refractivity contribution in [3.63, 3.8) is 0 Å². The van der Waals surface area contributed by atoms with Crippen LogP contribution in [0, 0.1) is 0 Å². The zero-order chi connectivity index (χ0) is 19.5. The van der Waals surface area contributed by atoms with Crippen molar-refractivity contribution in [1.29, 1.82) is 0 Å². The monoisotopic (exact) mass is 408 g/mol. The number of carbonyl (C=O) groups excluding carboxylic acids is 1. The van der Waals surface area contributed by atoms with Gasteiger partial charge in [0.05, 0.1) is 32.6 Å². The number of hydrogen-bond acceptors (Lipinski definition) is 4. The number of fused-ring (bicyclic) bond motifs is 1. The molecular formula is C22H17ClN2O2S. The number of anilines is 1. The quantitative estimate of drug-likeness (QED) is 0.423. The van der Waals surface area contributed by atoms with Gasteiger partial charge in [0.1, 0.15) is 5.75 Å². The van der Waals surface area contributed by atoms with Crippen LogP contribution in [0.15, 0.2) is 66.7 Å². The largest absolute Gasteiger partial charge is 0.494 e. The summed E-state index contributed by atoms with van der Waals surface area (Å²) in [5.41, 5.74) is 2.77. The van der Waals surface area contributed by atoms with E-state index in [0.717, 1.165) is 27.2 Å². The summed E-state index contributed by atoms with van der Waals surface area (Å²) in [4.78, 5) is 18.7. The second-order valence-corrected chi connectivity index (χ2v) is 7.80. The fourth-order valence-electron chi connectivity index (χ4n) is 2.94. The number of carbonyl (C=O) groups is 1. The van der Waals surface area contributed by atoms with Crippen LogP contribution in [0.2, 0.25) is 4.34 Å². The molecule has 4 rings (SSSR count). The third-order valence-corrected chi connectivity index (χ3v) is 5.46. The van der Waals surface area contributed by atoms with E-state index in [0.29, 0.717) is 22.2 Å². The molecule has 6 heteroatoms. The van der Waals surface area contributed by atoms with E-state index in [4.69, 9.17) is 21.3 Å². The minimum Gasteiger partial charge on any atom is -0.494 e. The van der Waals surface area contributed by atoms with Crippen LogP contribution in [0.4, 0.5) is 5.69 Å². The zero-order valence-electron chi connectivity index (χ0n) is 15.1. The summed E-state index contributed by atoms with van der Waals surface area (Å²) in [5.74, 6) is 0.582. The van der Waals surface area contributed by atoms with Crippen LogP contribution in [-0.2, 0) is 0 Å². The molecule has 2 aromatic heterocycles. The zero-order valence-corrected chi connectivity index (χ0v) is 16.7. The first-order valence-electron chi connectivity index (χ1n) is 8.84. The lowest BCUT2D eigenvalue weighted by molar-refractivity contribution is 0.102. The highest BCUT2D eigenvalue weighted by Gasteiger charge is 2.15. The van der Waals surface area contributed by atoms with Crippen molar-refractivity contribution >= 4 is 45.4 Å². The Labute approximate surface area is 171 Å². The van der Waals surface area contributed by atoms with Crippen LogP contribution >= 0.6 is 22.9 Å². The maximum absolute atomic E-state index is 13.0. The van der Waals surface area contributed by atoms with Gasteiger partial charge in [-0.1, -0.05) is 29.8 Å². The van der Waals surface area contributed by atoms with Crippen molar-refractivity contribution in [3.8, 4) is 16.3 Å². The molecule has 0 spiro atoms. The average molecular weight is 409 g/mol. The molecule has 1 amide bonds. The smallest absolute Gasteiger partial charge is 0.256 e. The first-order chi connectivity index (χ1) is 13.6. The Balaban J connectivity index is 1.71. The topological polar surface area (TPSA) is 51.2 Å². The number of nitrogens with one attached hydrogen (secondary N) is 1. The van der Waals surface area contributed by atoms with Crippen LogP contribution in [-0.4, -0.2) is 17.5 Å². The number of hydrogen-bond donors (Lipinski definition) is 1. The maximum Gasteiger partial charge on any atom is 0.256 e. The van der Waals surface area contributed by atoms with Crippen LogP contribution in [0.3, 0.4) is 0 Å². The Morgan fingerprint density at radius 2 is 1.89 bits per heavy atom. The minimum absolute atomic E-state index is 0.188. The number of pyridine rings is 1. The van der Waals surface area contributed by atoms with Crippen molar-refractivity contribution in [2.24, 2.45) is 0 Å². The van der Waals surface area contributed by atoms with Crippen LogP contribution in [0.5, 0.6) is 5.75 Å². The van der Waals surface area contributed by atoms with Gasteiger partial charge in [-0.3, -0.25) is 4.79 Å². The van der Waals surface area contributed by atoms with E-state index in [1.807, 2.05) is 73.7 Å². The van der Waals surface area contributed by atoms with Gasteiger partial charge in [0.15, 0.2) is 0 Å². The van der Waals surface area contributed by atoms with Crippen molar-refractivity contribution in [1.82, 2.24) is 4.98 Å². The molecule has 0 saturated carbocycles. The van der Waals surface area contributed by atoms with Gasteiger partial charge in [-0.25, -0.2) is 4.98 Å². The van der Waals surface area contributed by atoms with Crippen molar-refractivity contribution in [3.05, 3.63) is 76.6 Å². The summed E-state index contributed by atoms with van der Waals surface area (Å²) in [6, 6.07) is 20.5. The number of halogens is 1. The molecule has 0 atom stereocenters. The van der Waals surface area contributed by atoms with Gasteiger partial charge in [0.2, 0.25) is 0 Å². The number of amides is 1. The average Bonchev–Trinajstić information content (AvgIpc) is 3.15. The lowest BCUT2D eigenvalue weighted by Gasteiger charge is -2.10. The molecule has 0 bridgehead atoms. The Bertz CT molecular complexity index is 1140. The molecule has 28 heavy (non-hydrogen) atoms. The second kappa shape index (κ2) is 8.00. The van der Waals surface area contributed by atoms with Gasteiger partial charge >= 0.3 is 0 Å². The lowest BCUT2D eigenvalue weighted by atomic mass is 10.1. The van der Waals surface area contributed by atoms with E-state index in [-0.39, 0.29) is 5.91 Å². The highest BCUT2D eigenvalue weighted by Crippen LogP contribution is 2.32. The van der Waals surface area contributed by atoms with Gasteiger partial charge in [0, 0.05) is 11.1 Å². The first kappa shape index (κ1) is 18.5. The van der Waals surface area contributed by atoms with Gasteiger partial charge in [0.25, 0.3) is 5.91 Å². The molecule has 0 radical (unpaired) electrons. The normalized spacial score (nSPS) is 10.8. The van der Waals surface area contributed by atoms with Crippen molar-refractivity contribution < 1.29 is 9.53 Å². The molecule has 0 aliphatic heterocycles. The predicted molar refractivity (Wildman–Crippen MR) is 116 cm³/mol. The highest BCUT2D eigenvalue weighted by atomic mass is 35.5. The van der Waals surface area contributed by atoms with E-state index in [1.54, 1.807) is 0 Å². The summed E-state index contributed by atoms with van der Waals surface area (Å²) in [6.07, 6.45) is 0. The summed E-state index contributed by atoms with van der Waals surface area (Å²) < 4.78 is 6.13. The molecule has 0 fully saturated rings. The number of aromatic nitrogens is 1. The Kier molecular flexibility index (Phi) is 5.28. The van der Waals surface area contributed by atoms with Gasteiger partial charge in [-0.05, 0) is 55.5 Å². The second-order valence-electron chi connectivity index (χ2n) is 6.09. The molecule has 4 aromatic rings.